The molecule has 20 heavy (non-hydrogen) atoms. The summed E-state index contributed by atoms with van der Waals surface area (Å²) in [7, 11) is 0. The Kier molecular flexibility index (Phi) is 4.59. The Morgan fingerprint density at radius 2 is 2.25 bits per heavy atom. The summed E-state index contributed by atoms with van der Waals surface area (Å²) in [5.74, 6) is 6.43. The molecule has 5 N–H and O–H groups in total. The smallest absolute Gasteiger partial charge is 0.268 e. The highest BCUT2D eigenvalue weighted by Crippen LogP contribution is 2.35. The monoisotopic (exact) mass is 311 g/mol. The first kappa shape index (κ1) is 14.8. The number of nitrogens with one attached hydrogen (secondary N) is 1. The van der Waals surface area contributed by atoms with Gasteiger partial charge in [-0.25, -0.2) is 5.84 Å². The van der Waals surface area contributed by atoms with Crippen LogP contribution in [0.3, 0.4) is 0 Å². The minimum atomic E-state index is -0.375. The summed E-state index contributed by atoms with van der Waals surface area (Å²) >= 11 is 7.55. The van der Waals surface area contributed by atoms with Crippen LogP contribution in [0.5, 0.6) is 0 Å². The number of anilines is 1. The van der Waals surface area contributed by atoms with E-state index in [1.54, 1.807) is 31.2 Å². The predicted octanol–water partition coefficient (Wildman–Crippen LogP) is 2.72. The maximum Gasteiger partial charge on any atom is 0.268 e. The largest absolute Gasteiger partial charge is 0.465 e. The molecule has 5 nitrogen and oxygen atoms in total. The average Bonchev–Trinajstić information content (AvgIpc) is 2.78. The van der Waals surface area contributed by atoms with Crippen molar-refractivity contribution in [1.29, 1.82) is 0 Å². The Balaban J connectivity index is 2.14. The van der Waals surface area contributed by atoms with Crippen molar-refractivity contribution in [1.82, 2.24) is 5.43 Å². The summed E-state index contributed by atoms with van der Waals surface area (Å²) in [4.78, 5) is 12.3. The van der Waals surface area contributed by atoms with Gasteiger partial charge in [-0.2, -0.15) is 0 Å². The molecule has 0 bridgehead atoms. The van der Waals surface area contributed by atoms with Crippen molar-refractivity contribution in [3.8, 4) is 0 Å². The zero-order chi connectivity index (χ0) is 14.7. The molecule has 0 aliphatic heterocycles. The minimum Gasteiger partial charge on any atom is -0.465 e. The van der Waals surface area contributed by atoms with E-state index in [2.05, 4.69) is 5.43 Å². The van der Waals surface area contributed by atoms with Gasteiger partial charge < -0.3 is 10.2 Å². The molecule has 106 valence electrons. The van der Waals surface area contributed by atoms with E-state index in [0.717, 1.165) is 4.90 Å². The normalized spacial score (nSPS) is 10.6. The first-order valence-electron chi connectivity index (χ1n) is 5.80. The highest BCUT2D eigenvalue weighted by atomic mass is 35.5. The van der Waals surface area contributed by atoms with Crippen LogP contribution in [0.15, 0.2) is 33.6 Å². The van der Waals surface area contributed by atoms with Crippen molar-refractivity contribution < 1.29 is 9.21 Å². The number of benzene rings is 1. The van der Waals surface area contributed by atoms with Crippen molar-refractivity contribution in [3.05, 3.63) is 46.4 Å². The molecule has 0 unspecified atom stereocenters. The van der Waals surface area contributed by atoms with Gasteiger partial charge in [0.15, 0.2) is 0 Å². The summed E-state index contributed by atoms with van der Waals surface area (Å²) in [6.07, 6.45) is 0. The van der Waals surface area contributed by atoms with Gasteiger partial charge in [-0.05, 0) is 25.1 Å². The van der Waals surface area contributed by atoms with Crippen molar-refractivity contribution in [2.24, 2.45) is 5.84 Å². The number of carbonyl (C=O) groups is 1. The zero-order valence-corrected chi connectivity index (χ0v) is 12.3. The first-order chi connectivity index (χ1) is 9.52. The third kappa shape index (κ3) is 3.09. The molecule has 0 aliphatic carbocycles. The van der Waals surface area contributed by atoms with Crippen LogP contribution in [0.25, 0.3) is 0 Å². The lowest BCUT2D eigenvalue weighted by Gasteiger charge is -2.05. The number of nitrogen functional groups attached to an aromatic ring is 2. The second-order valence-corrected chi connectivity index (χ2v) is 5.50. The standard InChI is InChI=1S/C13H14ClN3O2S/c1-7-9(13(18)17-16)5-8(19-7)6-20-12-10(14)3-2-4-11(12)15/h2-5H,6,15-16H2,1H3,(H,17,18). The highest BCUT2D eigenvalue weighted by molar-refractivity contribution is 7.98. The molecule has 0 radical (unpaired) electrons. The van der Waals surface area contributed by atoms with E-state index < -0.39 is 0 Å². The number of aryl methyl sites for hydroxylation is 1. The lowest BCUT2D eigenvalue weighted by Crippen LogP contribution is -2.30. The summed E-state index contributed by atoms with van der Waals surface area (Å²) < 4.78 is 5.52. The van der Waals surface area contributed by atoms with Crippen molar-refractivity contribution in [2.75, 3.05) is 5.73 Å². The summed E-state index contributed by atoms with van der Waals surface area (Å²) in [5.41, 5.74) is 9.00. The zero-order valence-electron chi connectivity index (χ0n) is 10.8. The number of hydrogen-bond donors (Lipinski definition) is 3. The quantitative estimate of drug-likeness (QED) is 0.265. The van der Waals surface area contributed by atoms with Gasteiger partial charge in [-0.1, -0.05) is 17.7 Å². The molecule has 0 saturated heterocycles. The molecule has 1 heterocycles. The van der Waals surface area contributed by atoms with Gasteiger partial charge in [0, 0.05) is 10.6 Å². The van der Waals surface area contributed by atoms with Crippen molar-refractivity contribution in [2.45, 2.75) is 17.6 Å². The van der Waals surface area contributed by atoms with E-state index in [4.69, 9.17) is 27.6 Å². The number of thioether (sulfide) groups is 1. The molecule has 0 fully saturated rings. The number of halogens is 1. The van der Waals surface area contributed by atoms with Gasteiger partial charge >= 0.3 is 0 Å². The Labute approximate surface area is 125 Å². The maximum absolute atomic E-state index is 11.5. The highest BCUT2D eigenvalue weighted by Gasteiger charge is 2.15. The van der Waals surface area contributed by atoms with Crippen molar-refractivity contribution >= 4 is 35.0 Å². The number of furan rings is 1. The molecule has 1 amide bonds. The van der Waals surface area contributed by atoms with E-state index in [1.807, 2.05) is 0 Å². The fourth-order valence-corrected chi connectivity index (χ4v) is 2.95. The number of hydrogen-bond acceptors (Lipinski definition) is 5. The number of carbonyl (C=O) groups excluding carboxylic acids is 1. The molecule has 1 aromatic heterocycles. The Bertz CT molecular complexity index is 622. The summed E-state index contributed by atoms with van der Waals surface area (Å²) in [6.45, 7) is 1.71. The number of rotatable bonds is 4. The molecule has 0 atom stereocenters. The molecular formula is C13H14ClN3O2S. The van der Waals surface area contributed by atoms with Crippen LogP contribution >= 0.6 is 23.4 Å². The van der Waals surface area contributed by atoms with E-state index >= 15 is 0 Å². The van der Waals surface area contributed by atoms with Gasteiger partial charge in [0.1, 0.15) is 11.5 Å². The Morgan fingerprint density at radius 1 is 1.50 bits per heavy atom. The van der Waals surface area contributed by atoms with Crippen LogP contribution in [0.1, 0.15) is 21.9 Å². The Morgan fingerprint density at radius 3 is 2.90 bits per heavy atom. The maximum atomic E-state index is 11.5. The van der Waals surface area contributed by atoms with Gasteiger partial charge in [-0.3, -0.25) is 10.2 Å². The number of amides is 1. The molecule has 2 aromatic rings. The SMILES string of the molecule is Cc1oc(CSc2c(N)cccc2Cl)cc1C(=O)NN. The number of hydrazine groups is 1. The van der Waals surface area contributed by atoms with Crippen LogP contribution in [0.2, 0.25) is 5.02 Å². The van der Waals surface area contributed by atoms with E-state index in [-0.39, 0.29) is 5.91 Å². The van der Waals surface area contributed by atoms with Crippen LogP contribution in [0.4, 0.5) is 5.69 Å². The van der Waals surface area contributed by atoms with Crippen LogP contribution in [0, 0.1) is 6.92 Å². The lowest BCUT2D eigenvalue weighted by molar-refractivity contribution is 0.0952. The average molecular weight is 312 g/mol. The molecular weight excluding hydrogens is 298 g/mol. The fourth-order valence-electron chi connectivity index (χ4n) is 1.74. The van der Waals surface area contributed by atoms with E-state index in [1.165, 1.54) is 11.8 Å². The first-order valence-corrected chi connectivity index (χ1v) is 7.16. The van der Waals surface area contributed by atoms with Gasteiger partial charge in [0.2, 0.25) is 0 Å². The van der Waals surface area contributed by atoms with Crippen LogP contribution in [-0.4, -0.2) is 5.91 Å². The molecule has 1 aromatic carbocycles. The van der Waals surface area contributed by atoms with Crippen molar-refractivity contribution in [3.63, 3.8) is 0 Å². The molecule has 0 saturated carbocycles. The van der Waals surface area contributed by atoms with Gasteiger partial charge in [0.05, 0.1) is 16.3 Å². The van der Waals surface area contributed by atoms with Crippen LogP contribution < -0.4 is 17.0 Å². The Hall–Kier alpha value is -1.63. The second-order valence-electron chi connectivity index (χ2n) is 4.10. The summed E-state index contributed by atoms with van der Waals surface area (Å²) in [6, 6.07) is 7.02. The molecule has 0 aliphatic rings. The third-order valence-electron chi connectivity index (χ3n) is 2.70. The predicted molar refractivity (Wildman–Crippen MR) is 80.5 cm³/mol. The minimum absolute atomic E-state index is 0.375. The van der Waals surface area contributed by atoms with Crippen LogP contribution in [-0.2, 0) is 5.75 Å². The number of nitrogens with two attached hydrogens (primary N) is 2. The topological polar surface area (TPSA) is 94.3 Å². The molecule has 2 rings (SSSR count). The van der Waals surface area contributed by atoms with Gasteiger partial charge in [-0.15, -0.1) is 11.8 Å². The lowest BCUT2D eigenvalue weighted by atomic mass is 10.2. The molecule has 7 heteroatoms. The second kappa shape index (κ2) is 6.21. The van der Waals surface area contributed by atoms with E-state index in [9.17, 15) is 4.79 Å². The van der Waals surface area contributed by atoms with E-state index in [0.29, 0.717) is 33.5 Å². The third-order valence-corrected chi connectivity index (χ3v) is 4.30. The molecule has 0 spiro atoms. The van der Waals surface area contributed by atoms with Gasteiger partial charge in [0.25, 0.3) is 5.91 Å². The summed E-state index contributed by atoms with van der Waals surface area (Å²) in [5, 5.41) is 0.596. The fraction of sp³-hybridized carbons (Fsp3) is 0.154.